The van der Waals surface area contributed by atoms with Gasteiger partial charge < -0.3 is 10.5 Å². The Balaban J connectivity index is 1.52. The molecule has 3 aromatic carbocycles. The number of hydrogen-bond donors (Lipinski definition) is 2. The molecule has 0 aliphatic rings. The van der Waals surface area contributed by atoms with E-state index in [9.17, 15) is 24.5 Å². The van der Waals surface area contributed by atoms with Crippen molar-refractivity contribution in [3.63, 3.8) is 0 Å². The highest BCUT2D eigenvalue weighted by molar-refractivity contribution is 5.92. The van der Waals surface area contributed by atoms with Gasteiger partial charge in [0.1, 0.15) is 11.3 Å². The molecule has 4 aromatic rings. The molecule has 1 aromatic heterocycles. The molecule has 0 aliphatic carbocycles. The molecule has 0 spiro atoms. The third kappa shape index (κ3) is 3.81. The number of imidazole rings is 1. The maximum absolute atomic E-state index is 12.9. The summed E-state index contributed by atoms with van der Waals surface area (Å²) in [6.07, 6.45) is 0.104. The van der Waals surface area contributed by atoms with E-state index < -0.39 is 4.92 Å². The van der Waals surface area contributed by atoms with Crippen LogP contribution in [0.4, 0.5) is 15.8 Å². The smallest absolute Gasteiger partial charge is 0.271 e. The molecule has 0 bridgehead atoms. The number of carbonyl (C=O) groups is 1. The zero-order chi connectivity index (χ0) is 21.3. The number of benzene rings is 3. The second-order valence-electron chi connectivity index (χ2n) is 6.61. The Hall–Kier alpha value is -4.27. The van der Waals surface area contributed by atoms with Gasteiger partial charge in [0.25, 0.3) is 5.69 Å². The van der Waals surface area contributed by atoms with Gasteiger partial charge in [-0.2, -0.15) is 4.73 Å². The molecule has 0 saturated heterocycles. The summed E-state index contributed by atoms with van der Waals surface area (Å²) in [5.41, 5.74) is 2.28. The van der Waals surface area contributed by atoms with Crippen molar-refractivity contribution >= 4 is 28.3 Å². The van der Waals surface area contributed by atoms with Crippen molar-refractivity contribution in [3.8, 4) is 11.4 Å². The Morgan fingerprint density at radius 3 is 2.47 bits per heavy atom. The summed E-state index contributed by atoms with van der Waals surface area (Å²) in [4.78, 5) is 26.9. The Morgan fingerprint density at radius 2 is 1.80 bits per heavy atom. The van der Waals surface area contributed by atoms with Gasteiger partial charge in [-0.25, -0.2) is 9.37 Å². The van der Waals surface area contributed by atoms with Crippen LogP contribution >= 0.6 is 0 Å². The predicted octanol–water partition coefficient (Wildman–Crippen LogP) is 4.17. The summed E-state index contributed by atoms with van der Waals surface area (Å²) < 4.78 is 13.7. The number of nitrogens with one attached hydrogen (secondary N) is 1. The quantitative estimate of drug-likeness (QED) is 0.294. The van der Waals surface area contributed by atoms with Crippen LogP contribution in [0, 0.1) is 15.9 Å². The number of anilines is 1. The molecule has 0 radical (unpaired) electrons. The molecule has 2 N–H and O–H groups in total. The van der Waals surface area contributed by atoms with E-state index in [1.807, 2.05) is 0 Å². The van der Waals surface area contributed by atoms with Gasteiger partial charge >= 0.3 is 0 Å². The maximum Gasteiger partial charge on any atom is 0.271 e. The van der Waals surface area contributed by atoms with Gasteiger partial charge in [-0.1, -0.05) is 12.1 Å². The van der Waals surface area contributed by atoms with E-state index in [2.05, 4.69) is 10.3 Å². The molecule has 0 saturated carbocycles. The lowest BCUT2D eigenvalue weighted by Crippen LogP contribution is -2.14. The number of amides is 1. The highest BCUT2D eigenvalue weighted by Gasteiger charge is 2.16. The van der Waals surface area contributed by atoms with Gasteiger partial charge in [0, 0.05) is 23.4 Å². The number of nitro benzene ring substituents is 1. The van der Waals surface area contributed by atoms with Crippen molar-refractivity contribution in [1.82, 2.24) is 9.71 Å². The monoisotopic (exact) mass is 406 g/mol. The molecule has 9 heteroatoms. The Morgan fingerprint density at radius 1 is 1.10 bits per heavy atom. The first-order valence-corrected chi connectivity index (χ1v) is 8.91. The van der Waals surface area contributed by atoms with Crippen LogP contribution in [0.1, 0.15) is 5.56 Å². The van der Waals surface area contributed by atoms with Gasteiger partial charge in [0.2, 0.25) is 5.91 Å². The SMILES string of the molecule is O=C(Cc1ccc(F)cc1)Nc1ccc(-c2nc3ccc([N+](=O)[O-])cc3n2O)cc1. The first-order chi connectivity index (χ1) is 14.4. The van der Waals surface area contributed by atoms with Gasteiger partial charge in [-0.15, -0.1) is 0 Å². The van der Waals surface area contributed by atoms with Crippen molar-refractivity contribution in [3.05, 3.63) is 88.2 Å². The van der Waals surface area contributed by atoms with Crippen LogP contribution in [0.5, 0.6) is 0 Å². The van der Waals surface area contributed by atoms with E-state index in [-0.39, 0.29) is 35.2 Å². The van der Waals surface area contributed by atoms with Crippen molar-refractivity contribution in [1.29, 1.82) is 0 Å². The van der Waals surface area contributed by atoms with Crippen LogP contribution in [0.15, 0.2) is 66.7 Å². The zero-order valence-corrected chi connectivity index (χ0v) is 15.4. The molecular formula is C21H15FN4O4. The summed E-state index contributed by atoms with van der Waals surface area (Å²) in [6.45, 7) is 0. The molecule has 1 heterocycles. The van der Waals surface area contributed by atoms with Crippen LogP contribution in [-0.4, -0.2) is 25.8 Å². The maximum atomic E-state index is 12.9. The highest BCUT2D eigenvalue weighted by atomic mass is 19.1. The molecule has 0 fully saturated rings. The lowest BCUT2D eigenvalue weighted by atomic mass is 10.1. The van der Waals surface area contributed by atoms with E-state index in [1.165, 1.54) is 30.3 Å². The van der Waals surface area contributed by atoms with Crippen molar-refractivity contribution < 1.29 is 19.3 Å². The van der Waals surface area contributed by atoms with E-state index in [0.717, 1.165) is 4.73 Å². The van der Waals surface area contributed by atoms with Crippen LogP contribution in [0.3, 0.4) is 0 Å². The van der Waals surface area contributed by atoms with Crippen LogP contribution in [0.2, 0.25) is 0 Å². The van der Waals surface area contributed by atoms with Crippen molar-refractivity contribution in [2.75, 3.05) is 5.32 Å². The number of hydrogen-bond acceptors (Lipinski definition) is 5. The molecular weight excluding hydrogens is 391 g/mol. The number of aromatic nitrogens is 2. The average Bonchev–Trinajstić information content (AvgIpc) is 3.06. The van der Waals surface area contributed by atoms with Crippen molar-refractivity contribution in [2.24, 2.45) is 0 Å². The fraction of sp³-hybridized carbons (Fsp3) is 0.0476. The lowest BCUT2D eigenvalue weighted by Gasteiger charge is -2.07. The summed E-state index contributed by atoms with van der Waals surface area (Å²) >= 11 is 0. The third-order valence-corrected chi connectivity index (χ3v) is 4.53. The van der Waals surface area contributed by atoms with Crippen LogP contribution in [-0.2, 0) is 11.2 Å². The minimum Gasteiger partial charge on any atom is -0.426 e. The number of carbonyl (C=O) groups excluding carboxylic acids is 1. The van der Waals surface area contributed by atoms with Gasteiger partial charge in [0.15, 0.2) is 5.82 Å². The van der Waals surface area contributed by atoms with Crippen molar-refractivity contribution in [2.45, 2.75) is 6.42 Å². The number of halogens is 1. The zero-order valence-electron chi connectivity index (χ0n) is 15.4. The summed E-state index contributed by atoms with van der Waals surface area (Å²) in [5, 5.41) is 24.1. The average molecular weight is 406 g/mol. The summed E-state index contributed by atoms with van der Waals surface area (Å²) in [5.74, 6) is -0.398. The first-order valence-electron chi connectivity index (χ1n) is 8.91. The fourth-order valence-corrected chi connectivity index (χ4v) is 3.05. The lowest BCUT2D eigenvalue weighted by molar-refractivity contribution is -0.384. The molecule has 0 unspecified atom stereocenters. The first kappa shape index (κ1) is 19.1. The van der Waals surface area contributed by atoms with Gasteiger partial charge in [-0.3, -0.25) is 14.9 Å². The molecule has 8 nitrogen and oxygen atoms in total. The van der Waals surface area contributed by atoms with E-state index in [0.29, 0.717) is 22.3 Å². The number of nitrogens with zero attached hydrogens (tertiary/aromatic N) is 3. The minimum atomic E-state index is -0.546. The standard InChI is InChI=1S/C21H15FN4O4/c22-15-5-1-13(2-6-15)11-20(27)23-16-7-3-14(4-8-16)21-24-18-10-9-17(26(29)30)12-19(18)25(21)28/h1-10,12,28H,11H2,(H,23,27). The van der Waals surface area contributed by atoms with E-state index in [4.69, 9.17) is 0 Å². The predicted molar refractivity (Wildman–Crippen MR) is 108 cm³/mol. The summed E-state index contributed by atoms with van der Waals surface area (Å²) in [6, 6.07) is 16.4. The van der Waals surface area contributed by atoms with Crippen LogP contribution in [0.25, 0.3) is 22.4 Å². The number of fused-ring (bicyclic) bond motifs is 1. The molecule has 150 valence electrons. The number of non-ortho nitro benzene ring substituents is 1. The molecule has 4 rings (SSSR count). The number of rotatable bonds is 5. The highest BCUT2D eigenvalue weighted by Crippen LogP contribution is 2.27. The fourth-order valence-electron chi connectivity index (χ4n) is 3.05. The Labute approximate surface area is 169 Å². The molecule has 0 atom stereocenters. The number of nitro groups is 1. The summed E-state index contributed by atoms with van der Waals surface area (Å²) in [7, 11) is 0. The molecule has 1 amide bonds. The normalized spacial score (nSPS) is 10.8. The second kappa shape index (κ2) is 7.63. The minimum absolute atomic E-state index is 0.104. The third-order valence-electron chi connectivity index (χ3n) is 4.53. The van der Waals surface area contributed by atoms with Gasteiger partial charge in [0.05, 0.1) is 16.9 Å². The van der Waals surface area contributed by atoms with E-state index >= 15 is 0 Å². The van der Waals surface area contributed by atoms with E-state index in [1.54, 1.807) is 36.4 Å². The molecule has 30 heavy (non-hydrogen) atoms. The second-order valence-corrected chi connectivity index (χ2v) is 6.61. The topological polar surface area (TPSA) is 110 Å². The van der Waals surface area contributed by atoms with Gasteiger partial charge in [-0.05, 0) is 48.0 Å². The molecule has 0 aliphatic heterocycles. The Bertz CT molecular complexity index is 1250. The largest absolute Gasteiger partial charge is 0.426 e. The van der Waals surface area contributed by atoms with Crippen LogP contribution < -0.4 is 5.32 Å². The Kier molecular flexibility index (Phi) is 4.85.